The molecule has 0 bridgehead atoms. The van der Waals surface area contributed by atoms with Gasteiger partial charge in [0.15, 0.2) is 9.92 Å². The first-order chi connectivity index (χ1) is 15.0. The molecule has 0 saturated carbocycles. The van der Waals surface area contributed by atoms with Gasteiger partial charge in [0, 0.05) is 38.8 Å². The quantitative estimate of drug-likeness (QED) is 0.523. The first kappa shape index (κ1) is 23.8. The van der Waals surface area contributed by atoms with E-state index in [0.29, 0.717) is 5.69 Å². The molecule has 0 radical (unpaired) electrons. The van der Waals surface area contributed by atoms with Crippen molar-refractivity contribution in [1.29, 1.82) is 5.26 Å². The van der Waals surface area contributed by atoms with E-state index in [2.05, 4.69) is 14.7 Å². The molecule has 2 aromatic rings. The fourth-order valence-electron chi connectivity index (χ4n) is 3.21. The molecule has 170 valence electrons. The van der Waals surface area contributed by atoms with Crippen LogP contribution in [0.15, 0.2) is 45.7 Å². The topological polar surface area (TPSA) is 102 Å². The molecule has 1 fully saturated rings. The van der Waals surface area contributed by atoms with Gasteiger partial charge in [0.1, 0.15) is 11.0 Å². The highest BCUT2D eigenvalue weighted by Gasteiger charge is 2.33. The molecule has 1 amide bonds. The Morgan fingerprint density at radius 3 is 2.38 bits per heavy atom. The van der Waals surface area contributed by atoms with Gasteiger partial charge < -0.3 is 10.2 Å². The number of nitrogens with one attached hydrogen (secondary N) is 1. The average molecular weight is 487 g/mol. The number of piperazine rings is 1. The molecule has 1 aromatic carbocycles. The van der Waals surface area contributed by atoms with Gasteiger partial charge in [-0.1, -0.05) is 11.6 Å². The van der Waals surface area contributed by atoms with Gasteiger partial charge in [-0.15, -0.1) is 4.36 Å². The van der Waals surface area contributed by atoms with Gasteiger partial charge in [0.05, 0.1) is 10.5 Å². The Bertz CT molecular complexity index is 1170. The lowest BCUT2D eigenvalue weighted by molar-refractivity contribution is -0.137. The second kappa shape index (κ2) is 9.32. The Hall–Kier alpha value is -2.88. The van der Waals surface area contributed by atoms with Crippen LogP contribution in [0.3, 0.4) is 0 Å². The summed E-state index contributed by atoms with van der Waals surface area (Å²) in [6, 6.07) is 7.79. The molecule has 8 nitrogen and oxygen atoms in total. The fourth-order valence-corrected chi connectivity index (χ4v) is 5.19. The van der Waals surface area contributed by atoms with Crippen LogP contribution in [0.5, 0.6) is 0 Å². The number of nitriles is 1. The predicted octanol–water partition coefficient (Wildman–Crippen LogP) is 3.76. The third-order valence-electron chi connectivity index (χ3n) is 4.67. The zero-order valence-electron chi connectivity index (χ0n) is 16.8. The van der Waals surface area contributed by atoms with Crippen molar-refractivity contribution in [2.75, 3.05) is 36.4 Å². The lowest BCUT2D eigenvalue weighted by atomic mass is 10.2. The first-order valence-corrected chi connectivity index (χ1v) is 11.2. The summed E-state index contributed by atoms with van der Waals surface area (Å²) in [6.45, 7) is 2.08. The van der Waals surface area contributed by atoms with E-state index in [9.17, 15) is 22.2 Å². The van der Waals surface area contributed by atoms with Gasteiger partial charge in [-0.05, 0) is 36.4 Å². The van der Waals surface area contributed by atoms with E-state index in [1.165, 1.54) is 23.4 Å². The summed E-state index contributed by atoms with van der Waals surface area (Å²) in [4.78, 5) is 17.0. The Morgan fingerprint density at radius 1 is 1.22 bits per heavy atom. The number of carbonyl (C=O) groups excluding carboxylic acids is 1. The van der Waals surface area contributed by atoms with Crippen LogP contribution in [-0.4, -0.2) is 45.6 Å². The molecule has 1 unspecified atom stereocenters. The molecule has 3 rings (SSSR count). The highest BCUT2D eigenvalue weighted by atomic mass is 35.5. The van der Waals surface area contributed by atoms with E-state index in [1.54, 1.807) is 23.2 Å². The Morgan fingerprint density at radius 2 is 1.84 bits per heavy atom. The number of pyridine rings is 1. The molecule has 1 aromatic heterocycles. The highest BCUT2D eigenvalue weighted by Crippen LogP contribution is 2.33. The zero-order chi connectivity index (χ0) is 23.5. The van der Waals surface area contributed by atoms with E-state index >= 15 is 0 Å². The summed E-state index contributed by atoms with van der Waals surface area (Å²) >= 11 is 5.77. The van der Waals surface area contributed by atoms with Crippen molar-refractivity contribution in [3.8, 4) is 6.19 Å². The number of alkyl halides is 3. The van der Waals surface area contributed by atoms with Crippen LogP contribution >= 0.6 is 11.6 Å². The molecule has 1 N–H and O–H groups in total. The highest BCUT2D eigenvalue weighted by molar-refractivity contribution is 7.91. The Labute approximate surface area is 187 Å². The number of aromatic nitrogens is 1. The largest absolute Gasteiger partial charge is 0.416 e. The van der Waals surface area contributed by atoms with Crippen LogP contribution in [0.4, 0.5) is 24.7 Å². The van der Waals surface area contributed by atoms with Gasteiger partial charge in [-0.3, -0.25) is 4.79 Å². The summed E-state index contributed by atoms with van der Waals surface area (Å²) in [7, 11) is -3.28. The number of nitrogens with zero attached hydrogens (tertiary/aromatic N) is 5. The average Bonchev–Trinajstić information content (AvgIpc) is 2.73. The van der Waals surface area contributed by atoms with Crippen molar-refractivity contribution in [1.82, 2.24) is 9.29 Å². The SMILES string of the molecule is CC(=O)Nc1ccc(S(=O)(=NC#N)N2CCN(c3cc(C(F)(F)F)cc(Cl)n3)CC2)cc1. The number of anilines is 2. The maximum absolute atomic E-state index is 13.6. The normalized spacial score (nSPS) is 16.7. The van der Waals surface area contributed by atoms with Crippen LogP contribution in [0.1, 0.15) is 12.5 Å². The van der Waals surface area contributed by atoms with E-state index in [4.69, 9.17) is 16.9 Å². The fraction of sp³-hybridized carbons (Fsp3) is 0.316. The number of carbonyl (C=O) groups is 1. The number of halogens is 4. The molecule has 0 aliphatic carbocycles. The molecule has 32 heavy (non-hydrogen) atoms. The van der Waals surface area contributed by atoms with Crippen LogP contribution in [0.25, 0.3) is 0 Å². The number of hydrogen-bond acceptors (Lipinski definition) is 6. The van der Waals surface area contributed by atoms with E-state index in [0.717, 1.165) is 12.1 Å². The van der Waals surface area contributed by atoms with Crippen molar-refractivity contribution >= 4 is 38.9 Å². The van der Waals surface area contributed by atoms with Crippen molar-refractivity contribution in [3.63, 3.8) is 0 Å². The second-order valence-electron chi connectivity index (χ2n) is 6.84. The molecule has 1 aliphatic heterocycles. The van der Waals surface area contributed by atoms with Crippen LogP contribution < -0.4 is 10.2 Å². The summed E-state index contributed by atoms with van der Waals surface area (Å²) in [5.41, 5.74) is -0.408. The molecule has 1 aliphatic rings. The van der Waals surface area contributed by atoms with Crippen molar-refractivity contribution in [3.05, 3.63) is 47.1 Å². The minimum Gasteiger partial charge on any atom is -0.354 e. The van der Waals surface area contributed by atoms with Crippen LogP contribution in [0, 0.1) is 11.5 Å². The maximum atomic E-state index is 13.6. The lowest BCUT2D eigenvalue weighted by Gasteiger charge is -2.36. The van der Waals surface area contributed by atoms with Gasteiger partial charge in [-0.25, -0.2) is 13.5 Å². The van der Waals surface area contributed by atoms with Crippen molar-refractivity contribution < 1.29 is 22.2 Å². The van der Waals surface area contributed by atoms with E-state index in [-0.39, 0.29) is 48.0 Å². The van der Waals surface area contributed by atoms with Gasteiger partial charge >= 0.3 is 6.18 Å². The third-order valence-corrected chi connectivity index (χ3v) is 7.14. The van der Waals surface area contributed by atoms with Crippen molar-refractivity contribution in [2.24, 2.45) is 4.36 Å². The minimum absolute atomic E-state index is 0.0628. The number of rotatable bonds is 4. The zero-order valence-corrected chi connectivity index (χ0v) is 18.3. The molecule has 1 atom stereocenters. The Balaban J connectivity index is 1.81. The predicted molar refractivity (Wildman–Crippen MR) is 113 cm³/mol. The van der Waals surface area contributed by atoms with E-state index in [1.807, 2.05) is 0 Å². The minimum atomic E-state index is -4.56. The molecule has 2 heterocycles. The lowest BCUT2D eigenvalue weighted by Crippen LogP contribution is -2.48. The first-order valence-electron chi connectivity index (χ1n) is 9.31. The Kier molecular flexibility index (Phi) is 6.92. The molecular formula is C19H18ClF3N6O2S. The molecule has 0 spiro atoms. The summed E-state index contributed by atoms with van der Waals surface area (Å²) < 4.78 is 58.0. The van der Waals surface area contributed by atoms with Crippen LogP contribution in [-0.2, 0) is 20.9 Å². The summed E-state index contributed by atoms with van der Waals surface area (Å²) in [5, 5.41) is 11.4. The summed E-state index contributed by atoms with van der Waals surface area (Å²) in [6.07, 6.45) is -2.97. The monoisotopic (exact) mass is 486 g/mol. The van der Waals surface area contributed by atoms with Crippen LogP contribution in [0.2, 0.25) is 5.15 Å². The molecule has 13 heteroatoms. The number of amides is 1. The summed E-state index contributed by atoms with van der Waals surface area (Å²) in [5.74, 6) is -0.201. The standard InChI is InChI=1S/C19H18ClF3N6O2S/c1-13(30)26-15-2-4-16(5-3-15)32(31,25-12-24)29-8-6-28(7-9-29)18-11-14(19(21,22)23)10-17(20)27-18/h2-5,10-11H,6-9H2,1H3,(H,26,30). The number of benzene rings is 1. The van der Waals surface area contributed by atoms with Crippen molar-refractivity contribution in [2.45, 2.75) is 18.0 Å². The maximum Gasteiger partial charge on any atom is 0.416 e. The smallest absolute Gasteiger partial charge is 0.354 e. The van der Waals surface area contributed by atoms with Gasteiger partial charge in [-0.2, -0.15) is 18.4 Å². The van der Waals surface area contributed by atoms with Gasteiger partial charge in [0.25, 0.3) is 0 Å². The molecule has 1 saturated heterocycles. The number of hydrogen-bond donors (Lipinski definition) is 1. The van der Waals surface area contributed by atoms with Gasteiger partial charge in [0.2, 0.25) is 12.1 Å². The molecular weight excluding hydrogens is 469 g/mol. The second-order valence-corrected chi connectivity index (χ2v) is 9.39. The van der Waals surface area contributed by atoms with E-state index < -0.39 is 21.7 Å². The third kappa shape index (κ3) is 5.29.